The number of benzene rings is 10. The third kappa shape index (κ3) is 3.06. The van der Waals surface area contributed by atoms with E-state index in [0.29, 0.717) is 0 Å². The topological polar surface area (TPSA) is 0 Å². The summed E-state index contributed by atoms with van der Waals surface area (Å²) in [7, 11) is 0. The molecule has 0 saturated carbocycles. The minimum Gasteiger partial charge on any atom is -0.0622 e. The maximum Gasteiger partial charge on any atom is -0.00199 e. The summed E-state index contributed by atoms with van der Waals surface area (Å²) in [6.45, 7) is 0. The maximum absolute atomic E-state index is 2.49. The van der Waals surface area contributed by atoms with E-state index in [1.807, 2.05) is 0 Å². The number of hydrogen-bond acceptors (Lipinski definition) is 0. The lowest BCUT2D eigenvalue weighted by atomic mass is 9.87. The van der Waals surface area contributed by atoms with Crippen LogP contribution in [0.1, 0.15) is 0 Å². The molecule has 0 nitrogen and oxygen atoms in total. The Balaban J connectivity index is 1.21. The van der Waals surface area contributed by atoms with E-state index in [0.717, 1.165) is 0 Å². The predicted molar refractivity (Wildman–Crippen MR) is 206 cm³/mol. The summed E-state index contributed by atoms with van der Waals surface area (Å²) in [5.74, 6) is 0. The Morgan fingerprint density at radius 1 is 0.208 bits per heavy atom. The van der Waals surface area contributed by atoms with Crippen molar-refractivity contribution in [3.05, 3.63) is 158 Å². The molecule has 0 saturated heterocycles. The molecule has 0 atom stereocenters. The van der Waals surface area contributed by atoms with Gasteiger partial charge in [-0.15, -0.1) is 0 Å². The van der Waals surface area contributed by atoms with Gasteiger partial charge in [-0.2, -0.15) is 0 Å². The van der Waals surface area contributed by atoms with E-state index in [2.05, 4.69) is 158 Å². The van der Waals surface area contributed by atoms with Gasteiger partial charge in [0.15, 0.2) is 0 Å². The second kappa shape index (κ2) is 8.76. The summed E-state index contributed by atoms with van der Waals surface area (Å²) in [5, 5.41) is 15.9. The zero-order valence-electron chi connectivity index (χ0n) is 26.0. The molecule has 0 bridgehead atoms. The van der Waals surface area contributed by atoms with Gasteiger partial charge in [0.1, 0.15) is 0 Å². The van der Waals surface area contributed by atoms with Gasteiger partial charge in [0, 0.05) is 0 Å². The molecule has 0 fully saturated rings. The van der Waals surface area contributed by atoms with Gasteiger partial charge >= 0.3 is 0 Å². The molecule has 10 aromatic rings. The maximum atomic E-state index is 2.49. The van der Waals surface area contributed by atoms with Crippen LogP contribution in [-0.2, 0) is 0 Å². The lowest BCUT2D eigenvalue weighted by Crippen LogP contribution is -1.89. The summed E-state index contributed by atoms with van der Waals surface area (Å²) < 4.78 is 0. The Morgan fingerprint density at radius 3 is 1.58 bits per heavy atom. The van der Waals surface area contributed by atoms with Crippen LogP contribution >= 0.6 is 0 Å². The average molecular weight is 603 g/mol. The van der Waals surface area contributed by atoms with E-state index in [4.69, 9.17) is 0 Å². The summed E-state index contributed by atoms with van der Waals surface area (Å²) >= 11 is 0. The zero-order chi connectivity index (χ0) is 31.1. The highest BCUT2D eigenvalue weighted by Gasteiger charge is 2.26. The molecule has 218 valence electrons. The second-order valence-corrected chi connectivity index (χ2v) is 13.6. The van der Waals surface area contributed by atoms with Crippen LogP contribution in [0.25, 0.3) is 120 Å². The minimum absolute atomic E-state index is 1.25. The quantitative estimate of drug-likeness (QED) is 0.164. The van der Waals surface area contributed by atoms with E-state index in [9.17, 15) is 0 Å². The molecule has 10 aromatic carbocycles. The molecule has 48 heavy (non-hydrogen) atoms. The van der Waals surface area contributed by atoms with E-state index in [1.165, 1.54) is 120 Å². The van der Waals surface area contributed by atoms with Crippen molar-refractivity contribution >= 4 is 64.6 Å². The van der Waals surface area contributed by atoms with Gasteiger partial charge in [-0.1, -0.05) is 121 Å². The highest BCUT2D eigenvalue weighted by molar-refractivity contribution is 6.29. The van der Waals surface area contributed by atoms with E-state index in [-0.39, 0.29) is 0 Å². The Morgan fingerprint density at radius 2 is 0.750 bits per heavy atom. The molecule has 0 aromatic heterocycles. The molecule has 0 spiro atoms. The summed E-state index contributed by atoms with van der Waals surface area (Å²) in [4.78, 5) is 0. The standard InChI is InChI=1S/C48H26/c1-2-9-27(10-3-1)39-23-31-24-41-34-15-6-12-28-13-7-16-35(46(28)34)43(41)25-38(31)37-20-19-30-21-42-44(26-40(30)48(37)39)36-18-8-17-33-32-14-5-4-11-29(32)22-45(42)47(33)36/h1-26H. The van der Waals surface area contributed by atoms with Crippen LogP contribution in [0, 0.1) is 0 Å². The van der Waals surface area contributed by atoms with Gasteiger partial charge < -0.3 is 0 Å². The molecule has 0 N–H and O–H groups in total. The van der Waals surface area contributed by atoms with Crippen LogP contribution in [0.4, 0.5) is 0 Å². The van der Waals surface area contributed by atoms with Crippen LogP contribution < -0.4 is 0 Å². The van der Waals surface area contributed by atoms with Crippen LogP contribution in [0.2, 0.25) is 0 Å². The first-order valence-electron chi connectivity index (χ1n) is 16.8. The van der Waals surface area contributed by atoms with Crippen molar-refractivity contribution in [3.8, 4) is 55.6 Å². The molecule has 2 aliphatic rings. The van der Waals surface area contributed by atoms with Crippen molar-refractivity contribution in [3.63, 3.8) is 0 Å². The van der Waals surface area contributed by atoms with Crippen molar-refractivity contribution in [2.45, 2.75) is 0 Å². The second-order valence-electron chi connectivity index (χ2n) is 13.6. The van der Waals surface area contributed by atoms with E-state index in [1.54, 1.807) is 0 Å². The SMILES string of the molecule is c1ccc(-c2cc3cc4c(cc3c3ccc5cc6c(cc5c23)-c2cccc3c2c-6cc2ccccc23)-c2cccc3cccc-4c23)cc1. The number of rotatable bonds is 1. The van der Waals surface area contributed by atoms with E-state index >= 15 is 0 Å². The third-order valence-corrected chi connectivity index (χ3v) is 11.2. The molecule has 0 heteroatoms. The molecular formula is C48H26. The normalized spacial score (nSPS) is 12.6. The van der Waals surface area contributed by atoms with Crippen molar-refractivity contribution in [1.29, 1.82) is 0 Å². The lowest BCUT2D eigenvalue weighted by Gasteiger charge is -2.16. The minimum atomic E-state index is 1.25. The first-order chi connectivity index (χ1) is 23.8. The number of hydrogen-bond donors (Lipinski definition) is 0. The number of fused-ring (bicyclic) bond motifs is 13. The first-order valence-corrected chi connectivity index (χ1v) is 16.8. The fraction of sp³-hybridized carbons (Fsp3) is 0. The van der Waals surface area contributed by atoms with Crippen molar-refractivity contribution < 1.29 is 0 Å². The molecule has 0 unspecified atom stereocenters. The Hall–Kier alpha value is -6.24. The molecule has 12 rings (SSSR count). The largest absolute Gasteiger partial charge is 0.0622 e. The predicted octanol–water partition coefficient (Wildman–Crippen LogP) is 13.6. The van der Waals surface area contributed by atoms with Gasteiger partial charge in [-0.3, -0.25) is 0 Å². The van der Waals surface area contributed by atoms with Crippen LogP contribution in [0.15, 0.2) is 158 Å². The summed E-state index contributed by atoms with van der Waals surface area (Å²) in [5.41, 5.74) is 13.3. The highest BCUT2D eigenvalue weighted by Crippen LogP contribution is 2.53. The van der Waals surface area contributed by atoms with Gasteiger partial charge in [0.25, 0.3) is 0 Å². The van der Waals surface area contributed by atoms with Crippen LogP contribution in [-0.4, -0.2) is 0 Å². The van der Waals surface area contributed by atoms with Crippen LogP contribution in [0.5, 0.6) is 0 Å². The zero-order valence-corrected chi connectivity index (χ0v) is 26.0. The molecule has 0 aliphatic heterocycles. The molecule has 0 amide bonds. The molecular weight excluding hydrogens is 577 g/mol. The summed E-state index contributed by atoms with van der Waals surface area (Å²) in [6.07, 6.45) is 0. The third-order valence-electron chi connectivity index (χ3n) is 11.2. The van der Waals surface area contributed by atoms with Crippen molar-refractivity contribution in [2.75, 3.05) is 0 Å². The van der Waals surface area contributed by atoms with E-state index < -0.39 is 0 Å². The highest BCUT2D eigenvalue weighted by atomic mass is 14.3. The molecule has 0 radical (unpaired) electrons. The molecule has 2 aliphatic carbocycles. The molecule has 0 heterocycles. The average Bonchev–Trinajstić information content (AvgIpc) is 3.63. The first kappa shape index (κ1) is 24.9. The van der Waals surface area contributed by atoms with Gasteiger partial charge in [0.05, 0.1) is 0 Å². The van der Waals surface area contributed by atoms with Crippen LogP contribution in [0.3, 0.4) is 0 Å². The van der Waals surface area contributed by atoms with Gasteiger partial charge in [-0.05, 0) is 157 Å². The van der Waals surface area contributed by atoms with Gasteiger partial charge in [0.2, 0.25) is 0 Å². The van der Waals surface area contributed by atoms with Crippen molar-refractivity contribution in [2.24, 2.45) is 0 Å². The Kier molecular flexibility index (Phi) is 4.55. The fourth-order valence-electron chi connectivity index (χ4n) is 9.21. The summed E-state index contributed by atoms with van der Waals surface area (Å²) in [6, 6.07) is 59.5. The van der Waals surface area contributed by atoms with Crippen molar-refractivity contribution in [1.82, 2.24) is 0 Å². The van der Waals surface area contributed by atoms with Gasteiger partial charge in [-0.25, -0.2) is 0 Å². The lowest BCUT2D eigenvalue weighted by molar-refractivity contribution is 1.67. The Labute approximate surface area is 277 Å². The Bertz CT molecular complexity index is 3080. The fourth-order valence-corrected chi connectivity index (χ4v) is 9.21. The smallest absolute Gasteiger partial charge is 0.00199 e. The monoisotopic (exact) mass is 602 g/mol.